The molecule has 1 aromatic rings. The van der Waals surface area contributed by atoms with Gasteiger partial charge < -0.3 is 5.11 Å². The Bertz CT molecular complexity index is 598. The first-order valence-corrected chi connectivity index (χ1v) is 7.60. The average molecular weight is 303 g/mol. The number of hydrogen-bond acceptors (Lipinski definition) is 3. The number of aryl methyl sites for hydroxylation is 1. The fraction of sp³-hybridized carbons (Fsp3) is 0.462. The highest BCUT2D eigenvalue weighted by molar-refractivity contribution is 7.89. The maximum atomic E-state index is 13.1. The molecule has 1 N–H and O–H groups in total. The first kappa shape index (κ1) is 16.6. The summed E-state index contributed by atoms with van der Waals surface area (Å²) in [6.07, 6.45) is -0.280. The summed E-state index contributed by atoms with van der Waals surface area (Å²) < 4.78 is 39.2. The van der Waals surface area contributed by atoms with E-state index >= 15 is 0 Å². The second-order valence-corrected chi connectivity index (χ2v) is 6.62. The third kappa shape index (κ3) is 3.77. The number of nitrogens with zero attached hydrogens (tertiary/aromatic N) is 1. The van der Waals surface area contributed by atoms with E-state index in [1.54, 1.807) is 13.8 Å². The fourth-order valence-corrected chi connectivity index (χ4v) is 3.74. The minimum atomic E-state index is -3.84. The van der Waals surface area contributed by atoms with Crippen LogP contribution in [0.3, 0.4) is 0 Å². The van der Waals surface area contributed by atoms with Gasteiger partial charge in [0.25, 0.3) is 0 Å². The van der Waals surface area contributed by atoms with E-state index in [9.17, 15) is 17.6 Å². The number of hydrogen-bond donors (Lipinski definition) is 1. The van der Waals surface area contributed by atoms with Crippen LogP contribution in [0.1, 0.15) is 25.8 Å². The number of benzene rings is 1. The van der Waals surface area contributed by atoms with Crippen LogP contribution in [0.2, 0.25) is 0 Å². The lowest BCUT2D eigenvalue weighted by atomic mass is 10.2. The number of sulfonamides is 1. The summed E-state index contributed by atoms with van der Waals surface area (Å²) in [5.74, 6) is -1.58. The zero-order chi connectivity index (χ0) is 15.5. The Morgan fingerprint density at radius 3 is 2.45 bits per heavy atom. The van der Waals surface area contributed by atoms with Crippen LogP contribution in [0, 0.1) is 12.7 Å². The Balaban J connectivity index is 3.19. The molecule has 0 bridgehead atoms. The minimum absolute atomic E-state index is 0.00186. The summed E-state index contributed by atoms with van der Waals surface area (Å²) in [4.78, 5) is 10.6. The summed E-state index contributed by atoms with van der Waals surface area (Å²) in [5, 5.41) is 8.70. The predicted octanol–water partition coefficient (Wildman–Crippen LogP) is 2.01. The maximum Gasteiger partial charge on any atom is 0.304 e. The number of rotatable bonds is 6. The number of halogens is 1. The number of aliphatic carboxylic acids is 1. The molecule has 0 saturated heterocycles. The van der Waals surface area contributed by atoms with E-state index in [4.69, 9.17) is 5.11 Å². The van der Waals surface area contributed by atoms with Crippen LogP contribution in [-0.2, 0) is 14.8 Å². The van der Waals surface area contributed by atoms with Gasteiger partial charge in [-0.2, -0.15) is 4.31 Å². The van der Waals surface area contributed by atoms with Crippen molar-refractivity contribution in [2.75, 3.05) is 6.54 Å². The monoisotopic (exact) mass is 303 g/mol. The van der Waals surface area contributed by atoms with E-state index in [1.807, 2.05) is 0 Å². The summed E-state index contributed by atoms with van der Waals surface area (Å²) >= 11 is 0. The molecule has 0 amide bonds. The van der Waals surface area contributed by atoms with Crippen molar-refractivity contribution in [1.82, 2.24) is 4.31 Å². The van der Waals surface area contributed by atoms with E-state index in [-0.39, 0.29) is 23.9 Å². The van der Waals surface area contributed by atoms with Crippen molar-refractivity contribution < 1.29 is 22.7 Å². The molecule has 1 aromatic carbocycles. The zero-order valence-electron chi connectivity index (χ0n) is 11.6. The van der Waals surface area contributed by atoms with Crippen LogP contribution in [0.25, 0.3) is 0 Å². The molecular formula is C13H18FNO4S. The molecule has 20 heavy (non-hydrogen) atoms. The average Bonchev–Trinajstić information content (AvgIpc) is 2.26. The molecule has 0 saturated carbocycles. The Kier molecular flexibility index (Phi) is 5.24. The molecule has 0 atom stereocenters. The van der Waals surface area contributed by atoms with Crippen LogP contribution >= 0.6 is 0 Å². The lowest BCUT2D eigenvalue weighted by Crippen LogP contribution is -2.38. The number of carbonyl (C=O) groups is 1. The smallest absolute Gasteiger partial charge is 0.304 e. The first-order valence-electron chi connectivity index (χ1n) is 6.16. The van der Waals surface area contributed by atoms with Crippen LogP contribution in [0.15, 0.2) is 23.1 Å². The number of carboxylic acids is 1. The van der Waals surface area contributed by atoms with Gasteiger partial charge in [-0.15, -0.1) is 0 Å². The van der Waals surface area contributed by atoms with Gasteiger partial charge in [0.1, 0.15) is 5.82 Å². The summed E-state index contributed by atoms with van der Waals surface area (Å²) in [6, 6.07) is 3.04. The van der Waals surface area contributed by atoms with E-state index in [0.717, 1.165) is 16.4 Å². The van der Waals surface area contributed by atoms with Crippen molar-refractivity contribution in [3.8, 4) is 0 Å². The highest BCUT2D eigenvalue weighted by Gasteiger charge is 2.28. The lowest BCUT2D eigenvalue weighted by molar-refractivity contribution is -0.137. The Hall–Kier alpha value is -1.47. The molecule has 0 fully saturated rings. The topological polar surface area (TPSA) is 74.7 Å². The molecule has 0 aliphatic rings. The second kappa shape index (κ2) is 6.32. The van der Waals surface area contributed by atoms with Gasteiger partial charge in [-0.05, 0) is 44.5 Å². The van der Waals surface area contributed by atoms with Gasteiger partial charge in [0, 0.05) is 12.6 Å². The number of carboxylic acid groups (broad SMARTS) is 1. The molecule has 0 unspecified atom stereocenters. The summed E-state index contributed by atoms with van der Waals surface area (Å²) in [6.45, 7) is 4.72. The van der Waals surface area contributed by atoms with Gasteiger partial charge in [-0.3, -0.25) is 4.79 Å². The molecule has 0 radical (unpaired) electrons. The van der Waals surface area contributed by atoms with E-state index in [1.165, 1.54) is 13.0 Å². The van der Waals surface area contributed by atoms with Crippen molar-refractivity contribution in [1.29, 1.82) is 0 Å². The molecule has 5 nitrogen and oxygen atoms in total. The zero-order valence-corrected chi connectivity index (χ0v) is 12.4. The highest BCUT2D eigenvalue weighted by Crippen LogP contribution is 2.22. The molecule has 0 aliphatic heterocycles. The SMILES string of the molecule is Cc1cc(F)ccc1S(=O)(=O)N(CCC(=O)O)C(C)C. The van der Waals surface area contributed by atoms with Gasteiger partial charge in [0.2, 0.25) is 10.0 Å². The molecule has 0 aromatic heterocycles. The molecule has 0 aliphatic carbocycles. The van der Waals surface area contributed by atoms with Crippen molar-refractivity contribution in [2.45, 2.75) is 38.1 Å². The van der Waals surface area contributed by atoms with Gasteiger partial charge in [0.05, 0.1) is 11.3 Å². The quantitative estimate of drug-likeness (QED) is 0.872. The van der Waals surface area contributed by atoms with Gasteiger partial charge in [0.15, 0.2) is 0 Å². The third-order valence-corrected chi connectivity index (χ3v) is 5.08. The highest BCUT2D eigenvalue weighted by atomic mass is 32.2. The molecular weight excluding hydrogens is 285 g/mol. The molecule has 112 valence electrons. The minimum Gasteiger partial charge on any atom is -0.481 e. The summed E-state index contributed by atoms with van der Waals surface area (Å²) in [7, 11) is -3.84. The fourth-order valence-electron chi connectivity index (χ4n) is 1.89. The van der Waals surface area contributed by atoms with Crippen LogP contribution in [-0.4, -0.2) is 36.4 Å². The van der Waals surface area contributed by atoms with E-state index < -0.39 is 21.8 Å². The van der Waals surface area contributed by atoms with E-state index in [2.05, 4.69) is 0 Å². The Morgan fingerprint density at radius 2 is 2.00 bits per heavy atom. The molecule has 0 heterocycles. The largest absolute Gasteiger partial charge is 0.481 e. The van der Waals surface area contributed by atoms with Crippen molar-refractivity contribution in [3.63, 3.8) is 0 Å². The Morgan fingerprint density at radius 1 is 1.40 bits per heavy atom. The predicted molar refractivity (Wildman–Crippen MR) is 72.4 cm³/mol. The van der Waals surface area contributed by atoms with Crippen molar-refractivity contribution >= 4 is 16.0 Å². The van der Waals surface area contributed by atoms with Gasteiger partial charge >= 0.3 is 5.97 Å². The van der Waals surface area contributed by atoms with Crippen LogP contribution < -0.4 is 0 Å². The van der Waals surface area contributed by atoms with E-state index in [0.29, 0.717) is 5.56 Å². The van der Waals surface area contributed by atoms with Crippen LogP contribution in [0.5, 0.6) is 0 Å². The maximum absolute atomic E-state index is 13.1. The lowest BCUT2D eigenvalue weighted by Gasteiger charge is -2.26. The first-order chi connectivity index (χ1) is 9.16. The summed E-state index contributed by atoms with van der Waals surface area (Å²) in [5.41, 5.74) is 0.297. The van der Waals surface area contributed by atoms with Crippen LogP contribution in [0.4, 0.5) is 4.39 Å². The molecule has 7 heteroatoms. The molecule has 0 spiro atoms. The second-order valence-electron chi connectivity index (χ2n) is 4.76. The normalized spacial score (nSPS) is 12.1. The van der Waals surface area contributed by atoms with Crippen molar-refractivity contribution in [3.05, 3.63) is 29.6 Å². The van der Waals surface area contributed by atoms with Gasteiger partial charge in [-0.1, -0.05) is 0 Å². The Labute approximate surface area is 118 Å². The van der Waals surface area contributed by atoms with Crippen molar-refractivity contribution in [2.24, 2.45) is 0 Å². The van der Waals surface area contributed by atoms with Gasteiger partial charge in [-0.25, -0.2) is 12.8 Å². The standard InChI is InChI=1S/C13H18FNO4S/c1-9(2)15(7-6-13(16)17)20(18,19)12-5-4-11(14)8-10(12)3/h4-5,8-9H,6-7H2,1-3H3,(H,16,17). The molecule has 1 rings (SSSR count). The third-order valence-electron chi connectivity index (χ3n) is 2.85.